The van der Waals surface area contributed by atoms with Crippen LogP contribution in [0.3, 0.4) is 0 Å². The van der Waals surface area contributed by atoms with Crippen molar-refractivity contribution in [2.75, 3.05) is 5.32 Å². The number of nitriles is 1. The van der Waals surface area contributed by atoms with E-state index in [0.29, 0.717) is 5.02 Å². The summed E-state index contributed by atoms with van der Waals surface area (Å²) in [6, 6.07) is 6.23. The quantitative estimate of drug-likeness (QED) is 0.804. The molecule has 1 amide bonds. The molecular weight excluding hydrogens is 244 g/mol. The van der Waals surface area contributed by atoms with Crippen LogP contribution in [0.5, 0.6) is 0 Å². The second-order valence-electron chi connectivity index (χ2n) is 3.35. The summed E-state index contributed by atoms with van der Waals surface area (Å²) in [4.78, 5) is 22.1. The highest BCUT2D eigenvalue weighted by Gasteiger charge is 2.21. The average Bonchev–Trinajstić information content (AvgIpc) is 2.28. The number of hydrogen-bond donors (Lipinski definition) is 2. The minimum Gasteiger partial charge on any atom is -0.481 e. The first-order valence-electron chi connectivity index (χ1n) is 4.69. The van der Waals surface area contributed by atoms with E-state index in [4.69, 9.17) is 22.0 Å². The maximum absolute atomic E-state index is 11.5. The summed E-state index contributed by atoms with van der Waals surface area (Å²) in [5.74, 6) is -3.13. The fourth-order valence-corrected chi connectivity index (χ4v) is 1.24. The zero-order chi connectivity index (χ0) is 13.0. The lowest BCUT2D eigenvalue weighted by Gasteiger charge is -2.09. The Morgan fingerprint density at radius 1 is 1.53 bits per heavy atom. The van der Waals surface area contributed by atoms with Crippen LogP contribution in [0.4, 0.5) is 5.69 Å². The number of halogens is 1. The first-order valence-corrected chi connectivity index (χ1v) is 5.07. The van der Waals surface area contributed by atoms with Gasteiger partial charge in [0.25, 0.3) is 0 Å². The van der Waals surface area contributed by atoms with Crippen LogP contribution in [0.2, 0.25) is 5.02 Å². The number of carbonyl (C=O) groups excluding carboxylic acids is 1. The number of hydrogen-bond acceptors (Lipinski definition) is 3. The van der Waals surface area contributed by atoms with Crippen molar-refractivity contribution < 1.29 is 14.7 Å². The molecule has 0 heterocycles. The molecule has 0 aliphatic rings. The van der Waals surface area contributed by atoms with Gasteiger partial charge in [0.15, 0.2) is 0 Å². The summed E-state index contributed by atoms with van der Waals surface area (Å²) in [7, 11) is 0. The van der Waals surface area contributed by atoms with Gasteiger partial charge >= 0.3 is 5.97 Å². The molecule has 1 rings (SSSR count). The van der Waals surface area contributed by atoms with Crippen molar-refractivity contribution in [1.29, 1.82) is 5.26 Å². The molecule has 5 nitrogen and oxygen atoms in total. The molecule has 0 fully saturated rings. The summed E-state index contributed by atoms with van der Waals surface area (Å²) in [6.45, 7) is 1.26. The summed E-state index contributed by atoms with van der Waals surface area (Å²) >= 11 is 5.72. The Balaban J connectivity index is 2.96. The van der Waals surface area contributed by atoms with Crippen LogP contribution in [0.15, 0.2) is 18.2 Å². The first-order chi connectivity index (χ1) is 7.95. The van der Waals surface area contributed by atoms with Gasteiger partial charge in [0, 0.05) is 5.02 Å². The fraction of sp³-hybridized carbons (Fsp3) is 0.182. The molecule has 0 aliphatic heterocycles. The zero-order valence-corrected chi connectivity index (χ0v) is 9.65. The van der Waals surface area contributed by atoms with Crippen LogP contribution >= 0.6 is 11.6 Å². The van der Waals surface area contributed by atoms with Crippen LogP contribution < -0.4 is 5.32 Å². The second kappa shape index (κ2) is 5.32. The molecule has 1 unspecified atom stereocenters. The van der Waals surface area contributed by atoms with E-state index < -0.39 is 17.8 Å². The number of anilines is 1. The lowest BCUT2D eigenvalue weighted by molar-refractivity contribution is -0.144. The Morgan fingerprint density at radius 2 is 2.18 bits per heavy atom. The number of carbonyl (C=O) groups is 2. The minimum absolute atomic E-state index is 0.207. The number of carboxylic acids is 1. The first kappa shape index (κ1) is 13.0. The van der Waals surface area contributed by atoms with Crippen molar-refractivity contribution in [2.24, 2.45) is 5.92 Å². The highest BCUT2D eigenvalue weighted by molar-refractivity contribution is 6.31. The molecule has 0 saturated heterocycles. The molecule has 88 valence electrons. The number of rotatable bonds is 3. The van der Waals surface area contributed by atoms with Gasteiger partial charge in [0.1, 0.15) is 12.0 Å². The molecule has 0 saturated carbocycles. The second-order valence-corrected chi connectivity index (χ2v) is 3.79. The van der Waals surface area contributed by atoms with Crippen molar-refractivity contribution in [3.63, 3.8) is 0 Å². The highest BCUT2D eigenvalue weighted by atomic mass is 35.5. The summed E-state index contributed by atoms with van der Waals surface area (Å²) in [6.07, 6.45) is 0. The minimum atomic E-state index is -1.23. The lowest BCUT2D eigenvalue weighted by Crippen LogP contribution is -2.27. The van der Waals surface area contributed by atoms with E-state index in [1.807, 2.05) is 6.07 Å². The van der Waals surface area contributed by atoms with Gasteiger partial charge in [-0.1, -0.05) is 11.6 Å². The number of carboxylic acid groups (broad SMARTS) is 1. The van der Waals surface area contributed by atoms with E-state index in [2.05, 4.69) is 5.32 Å². The van der Waals surface area contributed by atoms with Crippen LogP contribution in [0.25, 0.3) is 0 Å². The maximum Gasteiger partial charge on any atom is 0.315 e. The molecule has 0 aromatic heterocycles. The number of benzene rings is 1. The van der Waals surface area contributed by atoms with Gasteiger partial charge < -0.3 is 10.4 Å². The van der Waals surface area contributed by atoms with Gasteiger partial charge in [-0.05, 0) is 25.1 Å². The normalized spacial score (nSPS) is 11.4. The molecule has 0 bridgehead atoms. The third kappa shape index (κ3) is 3.20. The Hall–Kier alpha value is -2.06. The van der Waals surface area contributed by atoms with Crippen molar-refractivity contribution in [2.45, 2.75) is 6.92 Å². The van der Waals surface area contributed by atoms with Crippen molar-refractivity contribution in [3.8, 4) is 6.07 Å². The van der Waals surface area contributed by atoms with Gasteiger partial charge in [-0.25, -0.2) is 0 Å². The molecule has 2 N–H and O–H groups in total. The van der Waals surface area contributed by atoms with Crippen molar-refractivity contribution >= 4 is 29.2 Å². The maximum atomic E-state index is 11.5. The molecule has 1 aromatic rings. The molecule has 0 radical (unpaired) electrons. The van der Waals surface area contributed by atoms with Crippen LogP contribution in [0.1, 0.15) is 12.5 Å². The van der Waals surface area contributed by atoms with Crippen molar-refractivity contribution in [3.05, 3.63) is 28.8 Å². The number of aliphatic carboxylic acids is 1. The smallest absolute Gasteiger partial charge is 0.315 e. The Bertz CT molecular complexity index is 508. The topological polar surface area (TPSA) is 90.2 Å². The van der Waals surface area contributed by atoms with E-state index in [-0.39, 0.29) is 11.3 Å². The van der Waals surface area contributed by atoms with E-state index in [0.717, 1.165) is 0 Å². The van der Waals surface area contributed by atoms with E-state index >= 15 is 0 Å². The average molecular weight is 253 g/mol. The summed E-state index contributed by atoms with van der Waals surface area (Å²) in [5.41, 5.74) is 0.429. The third-order valence-electron chi connectivity index (χ3n) is 2.12. The van der Waals surface area contributed by atoms with E-state index in [9.17, 15) is 9.59 Å². The molecule has 1 atom stereocenters. The number of nitrogens with one attached hydrogen (secondary N) is 1. The Kier molecular flexibility index (Phi) is 4.07. The van der Waals surface area contributed by atoms with Gasteiger partial charge in [-0.3, -0.25) is 9.59 Å². The molecule has 17 heavy (non-hydrogen) atoms. The van der Waals surface area contributed by atoms with Crippen LogP contribution in [0, 0.1) is 17.2 Å². The third-order valence-corrected chi connectivity index (χ3v) is 2.36. The van der Waals surface area contributed by atoms with Crippen molar-refractivity contribution in [1.82, 2.24) is 0 Å². The zero-order valence-electron chi connectivity index (χ0n) is 8.90. The SMILES string of the molecule is CC(C(=O)O)C(=O)Nc1cc(Cl)ccc1C#N. The molecule has 0 aliphatic carbocycles. The number of nitrogens with zero attached hydrogens (tertiary/aromatic N) is 1. The van der Waals surface area contributed by atoms with E-state index in [1.165, 1.54) is 25.1 Å². The monoisotopic (exact) mass is 252 g/mol. The van der Waals surface area contributed by atoms with Gasteiger partial charge in [-0.2, -0.15) is 5.26 Å². The van der Waals surface area contributed by atoms with Crippen LogP contribution in [-0.2, 0) is 9.59 Å². The fourth-order valence-electron chi connectivity index (χ4n) is 1.07. The lowest BCUT2D eigenvalue weighted by atomic mass is 10.1. The molecular formula is C11H9ClN2O3. The number of amides is 1. The molecule has 0 spiro atoms. The highest BCUT2D eigenvalue weighted by Crippen LogP contribution is 2.20. The molecule has 6 heteroatoms. The summed E-state index contributed by atoms with van der Waals surface area (Å²) in [5, 5.41) is 20.2. The standard InChI is InChI=1S/C11H9ClN2O3/c1-6(11(16)17)10(15)14-9-4-8(12)3-2-7(9)5-13/h2-4,6H,1H3,(H,14,15)(H,16,17). The van der Waals surface area contributed by atoms with Gasteiger partial charge in [0.2, 0.25) is 5.91 Å². The van der Waals surface area contributed by atoms with E-state index in [1.54, 1.807) is 0 Å². The Morgan fingerprint density at radius 3 is 2.71 bits per heavy atom. The summed E-state index contributed by atoms with van der Waals surface area (Å²) < 4.78 is 0. The predicted octanol–water partition coefficient (Wildman–Crippen LogP) is 1.87. The van der Waals surface area contributed by atoms with Crippen LogP contribution in [-0.4, -0.2) is 17.0 Å². The largest absolute Gasteiger partial charge is 0.481 e. The molecule has 1 aromatic carbocycles. The predicted molar refractivity (Wildman–Crippen MR) is 61.6 cm³/mol. The van der Waals surface area contributed by atoms with Gasteiger partial charge in [-0.15, -0.1) is 0 Å². The Labute approximate surface area is 103 Å². The van der Waals surface area contributed by atoms with Gasteiger partial charge in [0.05, 0.1) is 11.3 Å².